The van der Waals surface area contributed by atoms with E-state index in [2.05, 4.69) is 30.3 Å². The molecular formula is C26H32N2O2S3. The highest BCUT2D eigenvalue weighted by Crippen LogP contribution is 2.25. The van der Waals surface area contributed by atoms with Crippen molar-refractivity contribution >= 4 is 53.3 Å². The third-order valence-electron chi connectivity index (χ3n) is 4.06. The van der Waals surface area contributed by atoms with Crippen molar-refractivity contribution in [1.29, 1.82) is 0 Å². The van der Waals surface area contributed by atoms with Gasteiger partial charge in [0, 0.05) is 22.2 Å². The van der Waals surface area contributed by atoms with E-state index in [1.807, 2.05) is 61.0 Å². The summed E-state index contributed by atoms with van der Waals surface area (Å²) >= 11 is 5.18. The van der Waals surface area contributed by atoms with Crippen LogP contribution in [0.2, 0.25) is 0 Å². The average Bonchev–Trinajstić information content (AvgIpc) is 2.86. The molecule has 3 N–H and O–H groups in total. The number of thioether (sulfide) groups is 3. The number of rotatable bonds is 12. The van der Waals surface area contributed by atoms with Gasteiger partial charge in [-0.1, -0.05) is 36.9 Å². The minimum atomic E-state index is 0.776. The molecule has 2 rings (SSSR count). The van der Waals surface area contributed by atoms with Crippen molar-refractivity contribution in [2.75, 3.05) is 32.0 Å². The number of nitrogens with two attached hydrogens (primary N) is 1. The number of allylic oxidation sites excluding steroid dienone is 3. The van der Waals surface area contributed by atoms with E-state index >= 15 is 0 Å². The highest BCUT2D eigenvalue weighted by molar-refractivity contribution is 8.05. The number of aldehydes is 1. The topological polar surface area (TPSA) is 64.4 Å². The van der Waals surface area contributed by atoms with Gasteiger partial charge in [-0.15, -0.1) is 35.3 Å². The lowest BCUT2D eigenvalue weighted by Gasteiger charge is -2.04. The normalized spacial score (nSPS) is 11.6. The molecule has 2 aromatic carbocycles. The molecule has 176 valence electrons. The number of benzene rings is 2. The summed E-state index contributed by atoms with van der Waals surface area (Å²) in [5.41, 5.74) is 8.73. The van der Waals surface area contributed by atoms with Crippen LogP contribution < -0.4 is 15.8 Å². The zero-order chi connectivity index (χ0) is 24.3. The maximum Gasteiger partial charge on any atom is 0.142 e. The molecule has 0 aliphatic heterocycles. The van der Waals surface area contributed by atoms with E-state index in [1.165, 1.54) is 15.9 Å². The fourth-order valence-corrected chi connectivity index (χ4v) is 4.53. The summed E-state index contributed by atoms with van der Waals surface area (Å²) in [6, 6.07) is 15.9. The van der Waals surface area contributed by atoms with Crippen LogP contribution in [0.1, 0.15) is 11.1 Å². The van der Waals surface area contributed by atoms with Crippen molar-refractivity contribution in [3.63, 3.8) is 0 Å². The molecule has 0 aliphatic carbocycles. The maximum absolute atomic E-state index is 10.2. The van der Waals surface area contributed by atoms with E-state index in [1.54, 1.807) is 48.5 Å². The number of hydrogen-bond acceptors (Lipinski definition) is 7. The summed E-state index contributed by atoms with van der Waals surface area (Å²) in [7, 11) is 3.56. The highest BCUT2D eigenvalue weighted by atomic mass is 32.2. The summed E-state index contributed by atoms with van der Waals surface area (Å²) in [5, 5.41) is 4.98. The van der Waals surface area contributed by atoms with Gasteiger partial charge in [0.1, 0.15) is 12.0 Å². The molecule has 0 atom stereocenters. The van der Waals surface area contributed by atoms with Crippen molar-refractivity contribution in [2.45, 2.75) is 4.90 Å². The Morgan fingerprint density at radius 3 is 2.39 bits per heavy atom. The van der Waals surface area contributed by atoms with E-state index in [0.29, 0.717) is 0 Å². The number of carbonyl (C=O) groups is 1. The van der Waals surface area contributed by atoms with Crippen molar-refractivity contribution in [2.24, 2.45) is 5.73 Å². The fraction of sp³-hybridized carbons (Fsp3) is 0.192. The average molecular weight is 501 g/mol. The Morgan fingerprint density at radius 2 is 1.85 bits per heavy atom. The summed E-state index contributed by atoms with van der Waals surface area (Å²) < 4.78 is 5.07. The third kappa shape index (κ3) is 12.5. The van der Waals surface area contributed by atoms with Crippen LogP contribution in [0.3, 0.4) is 0 Å². The molecule has 0 aromatic heterocycles. The molecule has 0 amide bonds. The molecule has 0 fully saturated rings. The number of carbonyl (C=O) groups excluding carboxylic acids is 1. The van der Waals surface area contributed by atoms with E-state index < -0.39 is 0 Å². The van der Waals surface area contributed by atoms with Crippen LogP contribution in [0, 0.1) is 0 Å². The number of hydrogen-bond donors (Lipinski definition) is 2. The van der Waals surface area contributed by atoms with E-state index in [9.17, 15) is 4.79 Å². The monoisotopic (exact) mass is 500 g/mol. The molecule has 0 radical (unpaired) electrons. The largest absolute Gasteiger partial charge is 0.497 e. The first-order valence-electron chi connectivity index (χ1n) is 10.1. The van der Waals surface area contributed by atoms with Gasteiger partial charge in [0.05, 0.1) is 7.11 Å². The van der Waals surface area contributed by atoms with Gasteiger partial charge in [0.25, 0.3) is 0 Å². The Hall–Kier alpha value is -2.32. The summed E-state index contributed by atoms with van der Waals surface area (Å²) in [5.74, 6) is 2.66. The predicted octanol–water partition coefficient (Wildman–Crippen LogP) is 6.29. The molecular weight excluding hydrogens is 468 g/mol. The fourth-order valence-electron chi connectivity index (χ4n) is 2.35. The first-order valence-corrected chi connectivity index (χ1v) is 13.4. The second-order valence-corrected chi connectivity index (χ2v) is 9.23. The van der Waals surface area contributed by atoms with Crippen LogP contribution in [0.15, 0.2) is 88.5 Å². The van der Waals surface area contributed by atoms with Crippen LogP contribution >= 0.6 is 35.3 Å². The molecule has 7 heteroatoms. The standard InChI is InChI=1S/C15H16OS2.C11H16N2OS/c1-3-5-15(17-2)12-18-14-9-7-13(8-10-14)6-4-11-16;1-13-8-15-7-11(12)9-3-5-10(14-2)6-4-9/h3-11H,1,12H2,2H3;3-7,13H,8,12H2,1-2H3/b6-4+,15-5-;11-7-. The van der Waals surface area contributed by atoms with Crippen LogP contribution in [0.4, 0.5) is 0 Å². The second-order valence-electron chi connectivity index (χ2n) is 6.39. The first kappa shape index (κ1) is 28.7. The van der Waals surface area contributed by atoms with Gasteiger partial charge < -0.3 is 15.8 Å². The Bertz CT molecular complexity index is 922. The predicted molar refractivity (Wildman–Crippen MR) is 151 cm³/mol. The lowest BCUT2D eigenvalue weighted by atomic mass is 10.2. The van der Waals surface area contributed by atoms with Gasteiger partial charge in [-0.05, 0) is 77.2 Å². The number of ether oxygens (including phenoxy) is 1. The highest BCUT2D eigenvalue weighted by Gasteiger charge is 1.98. The molecule has 2 aromatic rings. The molecule has 33 heavy (non-hydrogen) atoms. The zero-order valence-corrected chi connectivity index (χ0v) is 21.8. The van der Waals surface area contributed by atoms with Crippen molar-refractivity contribution in [1.82, 2.24) is 5.32 Å². The van der Waals surface area contributed by atoms with Crippen molar-refractivity contribution < 1.29 is 9.53 Å². The minimum absolute atomic E-state index is 0.776. The van der Waals surface area contributed by atoms with E-state index in [4.69, 9.17) is 10.5 Å². The molecule has 0 spiro atoms. The molecule has 4 nitrogen and oxygen atoms in total. The van der Waals surface area contributed by atoms with Crippen LogP contribution in [-0.4, -0.2) is 38.3 Å². The Balaban J connectivity index is 0.000000335. The Morgan fingerprint density at radius 1 is 1.15 bits per heavy atom. The van der Waals surface area contributed by atoms with Crippen LogP contribution in [-0.2, 0) is 4.79 Å². The van der Waals surface area contributed by atoms with Crippen LogP contribution in [0.5, 0.6) is 5.75 Å². The summed E-state index contributed by atoms with van der Waals surface area (Å²) in [4.78, 5) is 12.7. The summed E-state index contributed by atoms with van der Waals surface area (Å²) in [6.45, 7) is 3.71. The molecule has 0 saturated carbocycles. The van der Waals surface area contributed by atoms with E-state index in [0.717, 1.165) is 40.5 Å². The van der Waals surface area contributed by atoms with Crippen LogP contribution in [0.25, 0.3) is 11.8 Å². The lowest BCUT2D eigenvalue weighted by Crippen LogP contribution is -2.03. The molecule has 0 unspecified atom stereocenters. The van der Waals surface area contributed by atoms with Gasteiger partial charge in [-0.3, -0.25) is 4.79 Å². The molecule has 0 heterocycles. The first-order chi connectivity index (χ1) is 16.1. The molecule has 0 bridgehead atoms. The van der Waals surface area contributed by atoms with Gasteiger partial charge in [0.15, 0.2) is 0 Å². The Kier molecular flexibility index (Phi) is 15.8. The SMILES string of the molecule is C=C/C=C(/CSc1ccc(/C=C/C=O)cc1)SC.CNCS/C=C(\N)c1ccc(OC)cc1. The van der Waals surface area contributed by atoms with Crippen molar-refractivity contribution in [3.8, 4) is 5.75 Å². The summed E-state index contributed by atoms with van der Waals surface area (Å²) in [6.07, 6.45) is 10.0. The van der Waals surface area contributed by atoms with Gasteiger partial charge in [-0.25, -0.2) is 0 Å². The number of nitrogens with one attached hydrogen (secondary N) is 1. The second kappa shape index (κ2) is 18.1. The molecule has 0 saturated heterocycles. The smallest absolute Gasteiger partial charge is 0.142 e. The Labute approximate surface area is 210 Å². The third-order valence-corrected chi connectivity index (χ3v) is 6.98. The quantitative estimate of drug-likeness (QED) is 0.0887. The zero-order valence-electron chi connectivity index (χ0n) is 19.3. The van der Waals surface area contributed by atoms with E-state index in [-0.39, 0.29) is 0 Å². The molecule has 0 aliphatic rings. The number of methoxy groups -OCH3 is 1. The van der Waals surface area contributed by atoms with Gasteiger partial charge in [-0.2, -0.15) is 0 Å². The maximum atomic E-state index is 10.2. The van der Waals surface area contributed by atoms with Crippen molar-refractivity contribution in [3.05, 3.63) is 94.8 Å². The lowest BCUT2D eigenvalue weighted by molar-refractivity contribution is -0.104. The van der Waals surface area contributed by atoms with Gasteiger partial charge in [0.2, 0.25) is 0 Å². The minimum Gasteiger partial charge on any atom is -0.497 e. The van der Waals surface area contributed by atoms with Gasteiger partial charge >= 0.3 is 0 Å².